The lowest BCUT2D eigenvalue weighted by Gasteiger charge is -2.47. The number of hydrogen-bond donors (Lipinski definition) is 1. The van der Waals surface area contributed by atoms with E-state index >= 15 is 0 Å². The highest BCUT2D eigenvalue weighted by Crippen LogP contribution is 2.59. The fourth-order valence-corrected chi connectivity index (χ4v) is 6.97. The number of nitrogens with one attached hydrogen (secondary N) is 1. The number of anilines is 1. The van der Waals surface area contributed by atoms with Gasteiger partial charge in [0.25, 0.3) is 0 Å². The van der Waals surface area contributed by atoms with Crippen molar-refractivity contribution >= 4 is 40.0 Å². The number of imide groups is 1. The molecule has 0 bridgehead atoms. The van der Waals surface area contributed by atoms with Gasteiger partial charge in [-0.2, -0.15) is 0 Å². The molecule has 5 heteroatoms. The van der Waals surface area contributed by atoms with Gasteiger partial charge in [0.2, 0.25) is 11.8 Å². The van der Waals surface area contributed by atoms with Crippen LogP contribution in [0.4, 0.5) is 5.69 Å². The van der Waals surface area contributed by atoms with Crippen LogP contribution in [0.3, 0.4) is 0 Å². The van der Waals surface area contributed by atoms with Crippen LogP contribution in [0, 0.1) is 23.2 Å². The van der Waals surface area contributed by atoms with E-state index in [1.54, 1.807) is 24.3 Å². The number of halogens is 1. The summed E-state index contributed by atoms with van der Waals surface area (Å²) >= 11 is 6.08. The van der Waals surface area contributed by atoms with Crippen molar-refractivity contribution in [1.29, 1.82) is 0 Å². The standard InChI is InChI=1S/C28H29ClN2O2/c1-28(2,3)15-8-13-18-20(14-15)23-24(25-22(18)19-6-4-5-7-21(19)30-25)27(33)31(26(23)32)17-11-9-16(29)10-12-17/h4-7,9-12,15,18,20,23-24,30H,8,13-14H2,1-3H3/t15-,18-,20-,23-,24+/m1/s1. The predicted molar refractivity (Wildman–Crippen MR) is 132 cm³/mol. The van der Waals surface area contributed by atoms with Crippen molar-refractivity contribution in [2.24, 2.45) is 23.2 Å². The highest BCUT2D eigenvalue weighted by atomic mass is 35.5. The molecule has 1 aliphatic heterocycles. The monoisotopic (exact) mass is 460 g/mol. The third kappa shape index (κ3) is 3.03. The number of amides is 2. The molecule has 1 saturated carbocycles. The van der Waals surface area contributed by atoms with Gasteiger partial charge >= 0.3 is 0 Å². The molecule has 4 nitrogen and oxygen atoms in total. The van der Waals surface area contributed by atoms with E-state index in [0.29, 0.717) is 22.5 Å². The molecule has 2 fully saturated rings. The van der Waals surface area contributed by atoms with Gasteiger partial charge in [-0.25, -0.2) is 4.90 Å². The van der Waals surface area contributed by atoms with Crippen molar-refractivity contribution in [3.63, 3.8) is 0 Å². The number of hydrogen-bond acceptors (Lipinski definition) is 2. The average Bonchev–Trinajstić information content (AvgIpc) is 3.29. The number of rotatable bonds is 1. The summed E-state index contributed by atoms with van der Waals surface area (Å²) in [6.45, 7) is 6.91. The van der Waals surface area contributed by atoms with Crippen LogP contribution in [0.2, 0.25) is 5.02 Å². The molecule has 3 aromatic rings. The van der Waals surface area contributed by atoms with E-state index in [0.717, 1.165) is 30.5 Å². The topological polar surface area (TPSA) is 53.2 Å². The number of carbonyl (C=O) groups excluding carboxylic acids is 2. The Labute approximate surface area is 199 Å². The maximum atomic E-state index is 13.9. The van der Waals surface area contributed by atoms with Gasteiger partial charge in [0, 0.05) is 21.6 Å². The van der Waals surface area contributed by atoms with E-state index in [1.165, 1.54) is 15.8 Å². The van der Waals surface area contributed by atoms with Gasteiger partial charge in [0.1, 0.15) is 0 Å². The van der Waals surface area contributed by atoms with E-state index in [9.17, 15) is 9.59 Å². The Morgan fingerprint density at radius 1 is 0.970 bits per heavy atom. The Hall–Kier alpha value is -2.59. The fourth-order valence-electron chi connectivity index (χ4n) is 6.85. The van der Waals surface area contributed by atoms with E-state index < -0.39 is 5.92 Å². The van der Waals surface area contributed by atoms with Crippen molar-refractivity contribution in [3.05, 3.63) is 64.8 Å². The third-order valence-electron chi connectivity index (χ3n) is 8.48. The van der Waals surface area contributed by atoms with Crippen LogP contribution in [-0.4, -0.2) is 16.8 Å². The average molecular weight is 461 g/mol. The van der Waals surface area contributed by atoms with Gasteiger partial charge in [0.05, 0.1) is 17.5 Å². The van der Waals surface area contributed by atoms with Gasteiger partial charge in [-0.05, 0) is 78.3 Å². The molecule has 5 atom stereocenters. The molecule has 170 valence electrons. The molecule has 2 amide bonds. The molecule has 0 unspecified atom stereocenters. The molecule has 1 N–H and O–H groups in total. The molecule has 1 aromatic heterocycles. The quantitative estimate of drug-likeness (QED) is 0.413. The Kier molecular flexibility index (Phi) is 4.58. The van der Waals surface area contributed by atoms with E-state index in [4.69, 9.17) is 11.6 Å². The molecule has 0 spiro atoms. The number of para-hydroxylation sites is 1. The second kappa shape index (κ2) is 7.20. The zero-order chi connectivity index (χ0) is 23.1. The minimum atomic E-state index is -0.449. The fraction of sp³-hybridized carbons (Fsp3) is 0.429. The number of fused-ring (bicyclic) bond motifs is 8. The first-order valence-corrected chi connectivity index (χ1v) is 12.4. The lowest BCUT2D eigenvalue weighted by Crippen LogP contribution is -2.41. The molecule has 3 aliphatic rings. The normalized spacial score (nSPS) is 29.2. The molecule has 2 aliphatic carbocycles. The maximum Gasteiger partial charge on any atom is 0.243 e. The largest absolute Gasteiger partial charge is 0.357 e. The molecule has 33 heavy (non-hydrogen) atoms. The maximum absolute atomic E-state index is 13.9. The first-order valence-electron chi connectivity index (χ1n) is 12.0. The Morgan fingerprint density at radius 2 is 1.70 bits per heavy atom. The molecule has 0 radical (unpaired) electrons. The minimum Gasteiger partial charge on any atom is -0.357 e. The summed E-state index contributed by atoms with van der Waals surface area (Å²) < 4.78 is 0. The highest BCUT2D eigenvalue weighted by Gasteiger charge is 2.59. The van der Waals surface area contributed by atoms with Crippen LogP contribution in [0.1, 0.15) is 63.1 Å². The molecule has 2 heterocycles. The molecule has 6 rings (SSSR count). The summed E-state index contributed by atoms with van der Waals surface area (Å²) in [6.07, 6.45) is 3.21. The summed E-state index contributed by atoms with van der Waals surface area (Å²) in [4.78, 5) is 32.8. The molecular formula is C28H29ClN2O2. The van der Waals surface area contributed by atoms with Crippen LogP contribution in [-0.2, 0) is 9.59 Å². The van der Waals surface area contributed by atoms with E-state index in [1.807, 2.05) is 6.07 Å². The van der Waals surface area contributed by atoms with Crippen LogP contribution in [0.15, 0.2) is 48.5 Å². The van der Waals surface area contributed by atoms with Gasteiger partial charge < -0.3 is 4.98 Å². The van der Waals surface area contributed by atoms with E-state index in [2.05, 4.69) is 44.0 Å². The van der Waals surface area contributed by atoms with Crippen molar-refractivity contribution < 1.29 is 9.59 Å². The van der Waals surface area contributed by atoms with Crippen LogP contribution < -0.4 is 4.90 Å². The highest BCUT2D eigenvalue weighted by molar-refractivity contribution is 6.31. The zero-order valence-electron chi connectivity index (χ0n) is 19.3. The second-order valence-electron chi connectivity index (χ2n) is 11.1. The smallest absolute Gasteiger partial charge is 0.243 e. The Balaban J connectivity index is 1.52. The first-order chi connectivity index (χ1) is 15.8. The summed E-state index contributed by atoms with van der Waals surface area (Å²) in [5.41, 5.74) is 4.10. The van der Waals surface area contributed by atoms with Gasteiger partial charge in [0.15, 0.2) is 0 Å². The minimum absolute atomic E-state index is 0.0545. The number of H-pyrrole nitrogens is 1. The van der Waals surface area contributed by atoms with Gasteiger partial charge in [-0.1, -0.05) is 50.6 Å². The SMILES string of the molecule is CC(C)(C)[C@@H]1CC[C@H]2c3c([nH]c4ccccc34)[C@H]3C(=O)N(c4ccc(Cl)cc4)C(=O)[C@@H]3[C@@H]2C1. The third-order valence-corrected chi connectivity index (χ3v) is 8.73. The van der Waals surface area contributed by atoms with Gasteiger partial charge in [-0.3, -0.25) is 9.59 Å². The Bertz CT molecular complexity index is 1270. The number of benzene rings is 2. The van der Waals surface area contributed by atoms with Crippen molar-refractivity contribution in [3.8, 4) is 0 Å². The van der Waals surface area contributed by atoms with Crippen molar-refractivity contribution in [2.45, 2.75) is 51.9 Å². The summed E-state index contributed by atoms with van der Waals surface area (Å²) in [5, 5.41) is 1.80. The summed E-state index contributed by atoms with van der Waals surface area (Å²) in [7, 11) is 0. The number of carbonyl (C=O) groups is 2. The van der Waals surface area contributed by atoms with Crippen molar-refractivity contribution in [1.82, 2.24) is 4.98 Å². The second-order valence-corrected chi connectivity index (χ2v) is 11.6. The van der Waals surface area contributed by atoms with E-state index in [-0.39, 0.29) is 29.1 Å². The van der Waals surface area contributed by atoms with Crippen LogP contribution >= 0.6 is 11.6 Å². The summed E-state index contributed by atoms with van der Waals surface area (Å²) in [6, 6.07) is 15.4. The lowest BCUT2D eigenvalue weighted by atomic mass is 9.56. The van der Waals surface area contributed by atoms with Crippen LogP contribution in [0.25, 0.3) is 10.9 Å². The lowest BCUT2D eigenvalue weighted by molar-refractivity contribution is -0.123. The molecular weight excluding hydrogens is 432 g/mol. The van der Waals surface area contributed by atoms with Crippen LogP contribution in [0.5, 0.6) is 0 Å². The number of aromatic nitrogens is 1. The summed E-state index contributed by atoms with van der Waals surface area (Å²) in [5.74, 6) is 0.0853. The first kappa shape index (κ1) is 21.0. The van der Waals surface area contributed by atoms with Gasteiger partial charge in [-0.15, -0.1) is 0 Å². The Morgan fingerprint density at radius 3 is 2.42 bits per heavy atom. The zero-order valence-corrected chi connectivity index (χ0v) is 20.0. The molecule has 2 aromatic carbocycles. The number of aromatic amines is 1. The number of nitrogens with zero attached hydrogens (tertiary/aromatic N) is 1. The predicted octanol–water partition coefficient (Wildman–Crippen LogP) is 6.65. The van der Waals surface area contributed by atoms with Crippen molar-refractivity contribution in [2.75, 3.05) is 4.90 Å². The molecule has 1 saturated heterocycles.